The molecule has 2 aliphatic heterocycles. The van der Waals surface area contributed by atoms with E-state index in [1.54, 1.807) is 17.0 Å². The number of anilines is 1. The van der Waals surface area contributed by atoms with Crippen LogP contribution in [-0.4, -0.2) is 35.6 Å². The minimum absolute atomic E-state index is 0.0851. The van der Waals surface area contributed by atoms with Gasteiger partial charge in [0.25, 0.3) is 0 Å². The minimum Gasteiger partial charge on any atom is -0.444 e. The highest BCUT2D eigenvalue weighted by Gasteiger charge is 2.52. The van der Waals surface area contributed by atoms with Crippen LogP contribution in [0, 0.1) is 11.3 Å². The van der Waals surface area contributed by atoms with Crippen molar-refractivity contribution in [1.29, 1.82) is 5.26 Å². The second-order valence-corrected chi connectivity index (χ2v) is 9.27. The molecule has 2 aromatic carbocycles. The molecule has 0 N–H and O–H groups in total. The summed E-state index contributed by atoms with van der Waals surface area (Å²) in [6.07, 6.45) is 0.827. The summed E-state index contributed by atoms with van der Waals surface area (Å²) in [4.78, 5) is 29.7. The number of hydrogen-bond donors (Lipinski definition) is 0. The van der Waals surface area contributed by atoms with E-state index in [1.807, 2.05) is 62.1 Å². The second-order valence-electron chi connectivity index (χ2n) is 9.27. The van der Waals surface area contributed by atoms with Gasteiger partial charge in [-0.1, -0.05) is 30.3 Å². The van der Waals surface area contributed by atoms with Crippen molar-refractivity contribution in [1.82, 2.24) is 4.90 Å². The van der Waals surface area contributed by atoms with Gasteiger partial charge in [-0.25, -0.2) is 4.79 Å². The van der Waals surface area contributed by atoms with Crippen LogP contribution in [-0.2, 0) is 21.5 Å². The maximum atomic E-state index is 13.7. The number of nitriles is 1. The van der Waals surface area contributed by atoms with E-state index in [0.717, 1.165) is 16.8 Å². The lowest BCUT2D eigenvalue weighted by molar-refractivity contribution is -0.125. The number of piperidine rings is 1. The van der Waals surface area contributed by atoms with Gasteiger partial charge in [0.2, 0.25) is 5.91 Å². The first kappa shape index (κ1) is 20.9. The smallest absolute Gasteiger partial charge is 0.410 e. The molecule has 2 aliphatic rings. The van der Waals surface area contributed by atoms with Crippen molar-refractivity contribution in [3.63, 3.8) is 0 Å². The van der Waals surface area contributed by atoms with Gasteiger partial charge in [-0.15, -0.1) is 0 Å². The Kier molecular flexibility index (Phi) is 5.22. The SMILES string of the molecule is CC(C)(C)OC(=O)N1CCC2(CC1)C(=O)N(Cc1ccc(C#N)cc1)c1ccccc12. The van der Waals surface area contributed by atoms with Crippen LogP contribution >= 0.6 is 0 Å². The molecule has 0 aromatic heterocycles. The molecule has 2 aromatic rings. The molecule has 160 valence electrons. The predicted molar refractivity (Wildman–Crippen MR) is 118 cm³/mol. The van der Waals surface area contributed by atoms with Crippen LogP contribution in [0.5, 0.6) is 0 Å². The largest absolute Gasteiger partial charge is 0.444 e. The minimum atomic E-state index is -0.609. The van der Waals surface area contributed by atoms with Crippen LogP contribution in [0.1, 0.15) is 50.3 Å². The van der Waals surface area contributed by atoms with E-state index >= 15 is 0 Å². The average Bonchev–Trinajstić information content (AvgIpc) is 2.96. The van der Waals surface area contributed by atoms with E-state index in [-0.39, 0.29) is 12.0 Å². The number of benzene rings is 2. The standard InChI is InChI=1S/C25H27N3O3/c1-24(2,3)31-23(30)27-14-12-25(13-15-27)20-6-4-5-7-21(20)28(22(25)29)17-19-10-8-18(16-26)9-11-19/h4-11H,12-15,17H2,1-3H3. The molecule has 0 atom stereocenters. The Bertz CT molecular complexity index is 1040. The molecular weight excluding hydrogens is 390 g/mol. The Balaban J connectivity index is 1.56. The first-order valence-electron chi connectivity index (χ1n) is 10.6. The van der Waals surface area contributed by atoms with Gasteiger partial charge < -0.3 is 14.5 Å². The summed E-state index contributed by atoms with van der Waals surface area (Å²) < 4.78 is 5.51. The predicted octanol–water partition coefficient (Wildman–Crippen LogP) is 4.37. The molecule has 1 fully saturated rings. The van der Waals surface area contributed by atoms with Crippen LogP contribution in [0.2, 0.25) is 0 Å². The fraction of sp³-hybridized carbons (Fsp3) is 0.400. The fourth-order valence-electron chi connectivity index (χ4n) is 4.50. The van der Waals surface area contributed by atoms with Crippen molar-refractivity contribution in [2.45, 2.75) is 51.2 Å². The summed E-state index contributed by atoms with van der Waals surface area (Å²) in [6.45, 7) is 6.99. The molecule has 0 bridgehead atoms. The number of carbonyl (C=O) groups excluding carboxylic acids is 2. The Labute approximate surface area is 183 Å². The van der Waals surface area contributed by atoms with Crippen molar-refractivity contribution in [2.24, 2.45) is 0 Å². The molecule has 0 radical (unpaired) electrons. The highest BCUT2D eigenvalue weighted by atomic mass is 16.6. The average molecular weight is 418 g/mol. The zero-order valence-corrected chi connectivity index (χ0v) is 18.2. The number of likely N-dealkylation sites (tertiary alicyclic amines) is 1. The topological polar surface area (TPSA) is 73.6 Å². The maximum Gasteiger partial charge on any atom is 0.410 e. The third kappa shape index (κ3) is 3.88. The summed E-state index contributed by atoms with van der Waals surface area (Å²) in [5.41, 5.74) is 2.40. The number of hydrogen-bond acceptors (Lipinski definition) is 4. The molecule has 6 heteroatoms. The number of fused-ring (bicyclic) bond motifs is 2. The van der Waals surface area contributed by atoms with Crippen LogP contribution in [0.25, 0.3) is 0 Å². The number of rotatable bonds is 2. The molecule has 0 saturated carbocycles. The van der Waals surface area contributed by atoms with E-state index < -0.39 is 11.0 Å². The van der Waals surface area contributed by atoms with E-state index in [0.29, 0.717) is 38.0 Å². The highest BCUT2D eigenvalue weighted by molar-refractivity contribution is 6.08. The van der Waals surface area contributed by atoms with Gasteiger partial charge in [0.1, 0.15) is 5.60 Å². The maximum absolute atomic E-state index is 13.7. The van der Waals surface area contributed by atoms with Gasteiger partial charge in [0, 0.05) is 18.8 Å². The van der Waals surface area contributed by atoms with Crippen LogP contribution in [0.4, 0.5) is 10.5 Å². The van der Waals surface area contributed by atoms with Gasteiger partial charge >= 0.3 is 6.09 Å². The van der Waals surface area contributed by atoms with Crippen LogP contribution < -0.4 is 4.90 Å². The first-order chi connectivity index (χ1) is 14.7. The monoisotopic (exact) mass is 417 g/mol. The van der Waals surface area contributed by atoms with E-state index in [9.17, 15) is 9.59 Å². The fourth-order valence-corrected chi connectivity index (χ4v) is 4.50. The van der Waals surface area contributed by atoms with Gasteiger partial charge in [-0.05, 0) is 62.9 Å². The Hall–Kier alpha value is -3.33. The van der Waals surface area contributed by atoms with E-state index in [4.69, 9.17) is 10.00 Å². The lowest BCUT2D eigenvalue weighted by Gasteiger charge is -2.39. The third-order valence-corrected chi connectivity index (χ3v) is 6.06. The lowest BCUT2D eigenvalue weighted by atomic mass is 9.73. The molecule has 4 rings (SSSR count). The highest BCUT2D eigenvalue weighted by Crippen LogP contribution is 2.48. The van der Waals surface area contributed by atoms with Crippen molar-refractivity contribution in [2.75, 3.05) is 18.0 Å². The Morgan fingerprint density at radius 2 is 1.74 bits per heavy atom. The van der Waals surface area contributed by atoms with Crippen molar-refractivity contribution in [3.05, 3.63) is 65.2 Å². The third-order valence-electron chi connectivity index (χ3n) is 6.06. The van der Waals surface area contributed by atoms with Crippen molar-refractivity contribution >= 4 is 17.7 Å². The molecule has 2 amide bonds. The normalized spacial score (nSPS) is 17.4. The molecule has 31 heavy (non-hydrogen) atoms. The lowest BCUT2D eigenvalue weighted by Crippen LogP contribution is -2.50. The summed E-state index contributed by atoms with van der Waals surface area (Å²) in [6, 6.07) is 17.4. The van der Waals surface area contributed by atoms with Gasteiger partial charge in [-0.2, -0.15) is 5.26 Å². The zero-order chi connectivity index (χ0) is 22.2. The van der Waals surface area contributed by atoms with Crippen molar-refractivity contribution in [3.8, 4) is 6.07 Å². The molecule has 1 spiro atoms. The number of carbonyl (C=O) groups is 2. The summed E-state index contributed by atoms with van der Waals surface area (Å²) in [5.74, 6) is 0.0851. The van der Waals surface area contributed by atoms with Gasteiger partial charge in [0.15, 0.2) is 0 Å². The zero-order valence-electron chi connectivity index (χ0n) is 18.2. The van der Waals surface area contributed by atoms with E-state index in [1.165, 1.54) is 0 Å². The Morgan fingerprint density at radius 1 is 1.10 bits per heavy atom. The molecular formula is C25H27N3O3. The molecule has 6 nitrogen and oxygen atoms in total. The molecule has 0 unspecified atom stereocenters. The summed E-state index contributed by atoms with van der Waals surface area (Å²) >= 11 is 0. The number of ether oxygens (including phenoxy) is 1. The Morgan fingerprint density at radius 3 is 2.35 bits per heavy atom. The summed E-state index contributed by atoms with van der Waals surface area (Å²) in [7, 11) is 0. The number of amides is 2. The number of nitrogens with zero attached hydrogens (tertiary/aromatic N) is 3. The second kappa shape index (κ2) is 7.73. The van der Waals surface area contributed by atoms with Crippen LogP contribution in [0.3, 0.4) is 0 Å². The summed E-state index contributed by atoms with van der Waals surface area (Å²) in [5, 5.41) is 9.02. The van der Waals surface area contributed by atoms with Gasteiger partial charge in [0.05, 0.1) is 23.6 Å². The van der Waals surface area contributed by atoms with Gasteiger partial charge in [-0.3, -0.25) is 4.79 Å². The number of para-hydroxylation sites is 1. The first-order valence-corrected chi connectivity index (χ1v) is 10.6. The molecule has 0 aliphatic carbocycles. The van der Waals surface area contributed by atoms with Crippen LogP contribution in [0.15, 0.2) is 48.5 Å². The molecule has 2 heterocycles. The van der Waals surface area contributed by atoms with E-state index in [2.05, 4.69) is 6.07 Å². The van der Waals surface area contributed by atoms with Crippen molar-refractivity contribution < 1.29 is 14.3 Å². The quantitative estimate of drug-likeness (QED) is 0.727. The molecule has 1 saturated heterocycles.